The summed E-state index contributed by atoms with van der Waals surface area (Å²) < 4.78 is 41.1. The number of amides is 1. The Kier molecular flexibility index (Phi) is 10.7. The van der Waals surface area contributed by atoms with E-state index in [1.54, 1.807) is 19.3 Å². The number of Topliss-reactive ketones (excluding diaryl/α,β-unsaturated/α-hetero) is 1. The molecule has 2 aromatic rings. The largest absolute Gasteiger partial charge is 0.394 e. The van der Waals surface area contributed by atoms with Gasteiger partial charge >= 0.3 is 0 Å². The van der Waals surface area contributed by atoms with Crippen LogP contribution < -0.4 is 10.6 Å². The smallest absolute Gasteiger partial charge is 0.268 e. The van der Waals surface area contributed by atoms with Crippen molar-refractivity contribution in [3.8, 4) is 0 Å². The van der Waals surface area contributed by atoms with Gasteiger partial charge in [-0.25, -0.2) is 13.2 Å². The summed E-state index contributed by atoms with van der Waals surface area (Å²) in [6, 6.07) is 1.18. The topological polar surface area (TPSA) is 117 Å². The molecule has 0 unspecified atom stereocenters. The standard InChI is InChI=1S/C22H18F3N5O3S.C2H6/c1-26-4-2-12(3-5-31)22-30-29-19(34-22)11-28-21(33)18-6-13(10-27-18)20(32)16-8-14(23)7-15(24)9-17(16)25;1-2/h2-7,9-10,26-27H,8,11H2,1H3,(H,28,33);1-2H3/b4-2-,12-3+;. The fraction of sp³-hybridized carbons (Fsp3) is 0.208. The maximum Gasteiger partial charge on any atom is 0.268 e. The summed E-state index contributed by atoms with van der Waals surface area (Å²) in [7, 11) is 1.70. The molecular weight excluding hydrogens is 495 g/mol. The lowest BCUT2D eigenvalue weighted by molar-refractivity contribution is -0.104. The normalized spacial score (nSPS) is 13.9. The first kappa shape index (κ1) is 28.2. The summed E-state index contributed by atoms with van der Waals surface area (Å²) in [5.41, 5.74) is -0.107. The molecule has 2 aromatic heterocycles. The zero-order chi connectivity index (χ0) is 26.7. The van der Waals surface area contributed by atoms with E-state index < -0.39 is 41.2 Å². The monoisotopic (exact) mass is 519 g/mol. The van der Waals surface area contributed by atoms with Crippen LogP contribution in [0.25, 0.3) is 5.57 Å². The molecule has 0 fully saturated rings. The van der Waals surface area contributed by atoms with Crippen molar-refractivity contribution >= 4 is 34.9 Å². The fourth-order valence-electron chi connectivity index (χ4n) is 2.86. The van der Waals surface area contributed by atoms with Gasteiger partial charge in [0.2, 0.25) is 0 Å². The number of allylic oxidation sites excluding steroid dienone is 9. The number of aldehydes is 1. The van der Waals surface area contributed by atoms with Gasteiger partial charge in [-0.15, -0.1) is 10.2 Å². The average molecular weight is 520 g/mol. The number of H-pyrrole nitrogens is 1. The Morgan fingerprint density at radius 1 is 1.19 bits per heavy atom. The van der Waals surface area contributed by atoms with Crippen LogP contribution in [0.3, 0.4) is 0 Å². The van der Waals surface area contributed by atoms with Crippen LogP contribution in [-0.2, 0) is 11.3 Å². The lowest BCUT2D eigenvalue weighted by Crippen LogP contribution is -2.23. The summed E-state index contributed by atoms with van der Waals surface area (Å²) in [5, 5.41) is 14.3. The highest BCUT2D eigenvalue weighted by Gasteiger charge is 2.23. The van der Waals surface area contributed by atoms with Gasteiger partial charge in [0.05, 0.1) is 6.54 Å². The van der Waals surface area contributed by atoms with Gasteiger partial charge in [0.15, 0.2) is 5.78 Å². The van der Waals surface area contributed by atoms with E-state index in [0.717, 1.165) is 0 Å². The minimum Gasteiger partial charge on any atom is -0.394 e. The van der Waals surface area contributed by atoms with Crippen molar-refractivity contribution in [1.82, 2.24) is 25.8 Å². The molecule has 0 spiro atoms. The lowest BCUT2D eigenvalue weighted by atomic mass is 10.0. The van der Waals surface area contributed by atoms with Crippen molar-refractivity contribution in [2.24, 2.45) is 0 Å². The fourth-order valence-corrected chi connectivity index (χ4v) is 3.65. The number of nitrogens with zero attached hydrogens (tertiary/aromatic N) is 2. The van der Waals surface area contributed by atoms with E-state index in [-0.39, 0.29) is 17.8 Å². The minimum atomic E-state index is -1.18. The third-order valence-corrected chi connectivity index (χ3v) is 5.42. The summed E-state index contributed by atoms with van der Waals surface area (Å²) in [6.45, 7) is 4.02. The van der Waals surface area contributed by atoms with E-state index in [1.165, 1.54) is 29.7 Å². The number of aromatic nitrogens is 3. The van der Waals surface area contributed by atoms with Crippen LogP contribution in [0.4, 0.5) is 13.2 Å². The third-order valence-electron chi connectivity index (χ3n) is 4.45. The second-order valence-electron chi connectivity index (χ2n) is 6.82. The molecule has 0 aliphatic heterocycles. The SMILES string of the molecule is CC.CN/C=C\C(=C/C=O)c1nnc(CNC(=O)c2cc(C(=O)C3=C(F)C=C(F)C=C(F)C3)c[nH]2)s1. The molecule has 3 rings (SSSR count). The molecule has 0 radical (unpaired) electrons. The number of ketones is 1. The van der Waals surface area contributed by atoms with Crippen molar-refractivity contribution in [3.63, 3.8) is 0 Å². The number of halogens is 3. The highest BCUT2D eigenvalue weighted by atomic mass is 32.1. The maximum atomic E-state index is 14.1. The number of rotatable bonds is 9. The second kappa shape index (κ2) is 13.7. The van der Waals surface area contributed by atoms with Crippen LogP contribution in [0.2, 0.25) is 0 Å². The molecule has 1 aliphatic rings. The highest BCUT2D eigenvalue weighted by Crippen LogP contribution is 2.28. The predicted molar refractivity (Wildman–Crippen MR) is 131 cm³/mol. The third kappa shape index (κ3) is 7.47. The van der Waals surface area contributed by atoms with Gasteiger partial charge in [0.25, 0.3) is 5.91 Å². The van der Waals surface area contributed by atoms with Crippen molar-refractivity contribution in [2.45, 2.75) is 26.8 Å². The Balaban J connectivity index is 0.00000222. The van der Waals surface area contributed by atoms with Gasteiger partial charge in [-0.3, -0.25) is 14.4 Å². The number of nitrogens with one attached hydrogen (secondary N) is 3. The highest BCUT2D eigenvalue weighted by molar-refractivity contribution is 7.12. The molecular formula is C24H24F3N5O3S. The molecule has 0 aromatic carbocycles. The zero-order valence-electron chi connectivity index (χ0n) is 19.7. The first-order valence-electron chi connectivity index (χ1n) is 10.8. The summed E-state index contributed by atoms with van der Waals surface area (Å²) >= 11 is 1.17. The Labute approximate surface area is 209 Å². The molecule has 3 N–H and O–H groups in total. The quantitative estimate of drug-likeness (QED) is 0.192. The number of carbonyl (C=O) groups is 3. The Bertz CT molecular complexity index is 1270. The number of aromatic amines is 1. The van der Waals surface area contributed by atoms with E-state index >= 15 is 0 Å². The molecule has 0 saturated heterocycles. The van der Waals surface area contributed by atoms with Crippen molar-refractivity contribution in [2.75, 3.05) is 7.05 Å². The minimum absolute atomic E-state index is 0.000973. The van der Waals surface area contributed by atoms with Gasteiger partial charge in [-0.1, -0.05) is 25.2 Å². The summed E-state index contributed by atoms with van der Waals surface area (Å²) in [4.78, 5) is 38.4. The molecule has 2 heterocycles. The first-order valence-corrected chi connectivity index (χ1v) is 11.6. The van der Waals surface area contributed by atoms with E-state index in [9.17, 15) is 27.6 Å². The molecule has 1 aliphatic carbocycles. The van der Waals surface area contributed by atoms with Crippen molar-refractivity contribution in [1.29, 1.82) is 0 Å². The lowest BCUT2D eigenvalue weighted by Gasteiger charge is -2.03. The summed E-state index contributed by atoms with van der Waals surface area (Å²) in [5.74, 6) is -4.78. The number of hydrogen-bond donors (Lipinski definition) is 3. The predicted octanol–water partition coefficient (Wildman–Crippen LogP) is 4.65. The maximum absolute atomic E-state index is 14.1. The van der Waals surface area contributed by atoms with Crippen LogP contribution in [0.15, 0.2) is 65.8 Å². The zero-order valence-corrected chi connectivity index (χ0v) is 20.5. The Hall–Kier alpha value is -4.06. The number of carbonyl (C=O) groups excluding carboxylic acids is 3. The van der Waals surface area contributed by atoms with Gasteiger partial charge in [0.1, 0.15) is 39.5 Å². The van der Waals surface area contributed by atoms with Gasteiger partial charge in [-0.05, 0) is 24.4 Å². The van der Waals surface area contributed by atoms with Crippen molar-refractivity contribution in [3.05, 3.63) is 87.1 Å². The van der Waals surface area contributed by atoms with Crippen LogP contribution in [0, 0.1) is 0 Å². The van der Waals surface area contributed by atoms with Crippen LogP contribution >= 0.6 is 11.3 Å². The van der Waals surface area contributed by atoms with Gasteiger partial charge in [-0.2, -0.15) is 0 Å². The van der Waals surface area contributed by atoms with E-state index in [4.69, 9.17) is 0 Å². The van der Waals surface area contributed by atoms with Crippen LogP contribution in [0.5, 0.6) is 0 Å². The van der Waals surface area contributed by atoms with Crippen LogP contribution in [-0.4, -0.2) is 40.2 Å². The van der Waals surface area contributed by atoms with Crippen molar-refractivity contribution < 1.29 is 27.6 Å². The molecule has 0 atom stereocenters. The number of hydrogen-bond acceptors (Lipinski definition) is 7. The molecule has 190 valence electrons. The van der Waals surface area contributed by atoms with Gasteiger partial charge in [0, 0.05) is 48.5 Å². The second-order valence-corrected chi connectivity index (χ2v) is 7.88. The van der Waals surface area contributed by atoms with E-state index in [2.05, 4.69) is 25.8 Å². The summed E-state index contributed by atoms with van der Waals surface area (Å²) in [6.07, 6.45) is 6.62. The molecule has 1 amide bonds. The average Bonchev–Trinajstić information content (AvgIpc) is 3.52. The molecule has 0 bridgehead atoms. The molecule has 0 saturated carbocycles. The molecule has 36 heavy (non-hydrogen) atoms. The molecule has 12 heteroatoms. The Morgan fingerprint density at radius 2 is 1.94 bits per heavy atom. The van der Waals surface area contributed by atoms with Crippen LogP contribution in [0.1, 0.15) is 51.1 Å². The van der Waals surface area contributed by atoms with Gasteiger partial charge < -0.3 is 15.6 Å². The Morgan fingerprint density at radius 3 is 2.64 bits per heavy atom. The van der Waals surface area contributed by atoms with E-state index in [0.29, 0.717) is 34.0 Å². The first-order chi connectivity index (χ1) is 17.3. The molecule has 8 nitrogen and oxygen atoms in total. The van der Waals surface area contributed by atoms with E-state index in [1.807, 2.05) is 13.8 Å².